The molecule has 0 aliphatic carbocycles. The highest BCUT2D eigenvalue weighted by Gasteiger charge is 2.21. The number of piperidine rings is 1. The van der Waals surface area contributed by atoms with E-state index >= 15 is 0 Å². The van der Waals surface area contributed by atoms with Crippen molar-refractivity contribution in [3.8, 4) is 0 Å². The molecule has 0 atom stereocenters. The van der Waals surface area contributed by atoms with Crippen LogP contribution in [0.4, 0.5) is 5.82 Å². The predicted octanol–water partition coefficient (Wildman–Crippen LogP) is 1.26. The van der Waals surface area contributed by atoms with Gasteiger partial charge in [0.05, 0.1) is 24.3 Å². The summed E-state index contributed by atoms with van der Waals surface area (Å²) in [4.78, 5) is 18.3. The number of nitrogens with one attached hydrogen (secondary N) is 1. The normalized spacial score (nSPS) is 15.9. The minimum absolute atomic E-state index is 0.0665. The summed E-state index contributed by atoms with van der Waals surface area (Å²) >= 11 is 1.23. The van der Waals surface area contributed by atoms with E-state index in [1.54, 1.807) is 18.6 Å². The van der Waals surface area contributed by atoms with Gasteiger partial charge in [0.15, 0.2) is 5.82 Å². The molecule has 1 amide bonds. The third-order valence-corrected chi connectivity index (χ3v) is 4.09. The largest absolute Gasteiger partial charge is 0.354 e. The average molecular weight is 303 g/mol. The Labute approximate surface area is 127 Å². The highest BCUT2D eigenvalue weighted by atomic mass is 32.1. The Kier molecular flexibility index (Phi) is 4.40. The van der Waals surface area contributed by atoms with E-state index in [1.165, 1.54) is 11.7 Å². The molecule has 7 heteroatoms. The Morgan fingerprint density at radius 3 is 2.90 bits per heavy atom. The molecule has 6 nitrogen and oxygen atoms in total. The van der Waals surface area contributed by atoms with Gasteiger partial charge < -0.3 is 10.2 Å². The van der Waals surface area contributed by atoms with Crippen molar-refractivity contribution in [1.29, 1.82) is 0 Å². The molecule has 2 aromatic rings. The molecule has 3 rings (SSSR count). The summed E-state index contributed by atoms with van der Waals surface area (Å²) in [5.74, 6) is 1.01. The average Bonchev–Trinajstić information content (AvgIpc) is 3.03. The molecule has 2 aromatic heterocycles. The van der Waals surface area contributed by atoms with Gasteiger partial charge in [-0.25, -0.2) is 0 Å². The second-order valence-corrected chi connectivity index (χ2v) is 5.69. The summed E-state index contributed by atoms with van der Waals surface area (Å²) in [6.45, 7) is 1.81. The van der Waals surface area contributed by atoms with Crippen molar-refractivity contribution in [3.63, 3.8) is 0 Å². The molecule has 3 heterocycles. The molecule has 1 saturated heterocycles. The summed E-state index contributed by atoms with van der Waals surface area (Å²) in [5, 5.41) is 3.11. The lowest BCUT2D eigenvalue weighted by Crippen LogP contribution is -2.45. The van der Waals surface area contributed by atoms with Crippen LogP contribution in [-0.4, -0.2) is 38.8 Å². The number of anilines is 1. The van der Waals surface area contributed by atoms with Crippen LogP contribution >= 0.6 is 11.7 Å². The van der Waals surface area contributed by atoms with Gasteiger partial charge >= 0.3 is 0 Å². The number of hydrogen-bond donors (Lipinski definition) is 1. The van der Waals surface area contributed by atoms with Crippen LogP contribution in [0, 0.1) is 0 Å². The minimum atomic E-state index is 0.0665. The summed E-state index contributed by atoms with van der Waals surface area (Å²) in [6.07, 6.45) is 7.52. The number of hydrogen-bond acceptors (Lipinski definition) is 6. The maximum absolute atomic E-state index is 12.0. The second-order valence-electron chi connectivity index (χ2n) is 5.13. The maximum Gasteiger partial charge on any atom is 0.224 e. The highest BCUT2D eigenvalue weighted by molar-refractivity contribution is 6.99. The third-order valence-electron chi connectivity index (χ3n) is 3.62. The van der Waals surface area contributed by atoms with Gasteiger partial charge in [0.1, 0.15) is 0 Å². The predicted molar refractivity (Wildman–Crippen MR) is 81.2 cm³/mol. The zero-order valence-electron chi connectivity index (χ0n) is 11.6. The van der Waals surface area contributed by atoms with Gasteiger partial charge in [0, 0.05) is 31.5 Å². The molecule has 0 radical (unpaired) electrons. The summed E-state index contributed by atoms with van der Waals surface area (Å²) in [5.41, 5.74) is 0.945. The fraction of sp³-hybridized carbons (Fsp3) is 0.429. The number of pyridine rings is 1. The van der Waals surface area contributed by atoms with E-state index in [-0.39, 0.29) is 11.9 Å². The van der Waals surface area contributed by atoms with Crippen LogP contribution < -0.4 is 10.2 Å². The van der Waals surface area contributed by atoms with Gasteiger partial charge in [-0.15, -0.1) is 0 Å². The Morgan fingerprint density at radius 1 is 1.38 bits per heavy atom. The van der Waals surface area contributed by atoms with Gasteiger partial charge in [-0.05, 0) is 24.5 Å². The molecule has 1 fully saturated rings. The third kappa shape index (κ3) is 3.75. The molecule has 0 bridgehead atoms. The van der Waals surface area contributed by atoms with Gasteiger partial charge in [0.25, 0.3) is 0 Å². The molecule has 0 aromatic carbocycles. The first-order valence-corrected chi connectivity index (χ1v) is 7.75. The monoisotopic (exact) mass is 303 g/mol. The Morgan fingerprint density at radius 2 is 2.24 bits per heavy atom. The Bertz CT molecular complexity index is 566. The van der Waals surface area contributed by atoms with E-state index in [1.807, 2.05) is 12.1 Å². The second kappa shape index (κ2) is 6.62. The van der Waals surface area contributed by atoms with Crippen molar-refractivity contribution >= 4 is 23.5 Å². The number of aromatic nitrogens is 3. The van der Waals surface area contributed by atoms with Crippen LogP contribution in [0.15, 0.2) is 30.7 Å². The summed E-state index contributed by atoms with van der Waals surface area (Å²) in [7, 11) is 0. The van der Waals surface area contributed by atoms with E-state index in [2.05, 4.69) is 23.9 Å². The van der Waals surface area contributed by atoms with Crippen LogP contribution in [-0.2, 0) is 11.2 Å². The van der Waals surface area contributed by atoms with E-state index in [0.717, 1.165) is 37.3 Å². The first kappa shape index (κ1) is 13.9. The smallest absolute Gasteiger partial charge is 0.224 e. The molecule has 1 N–H and O–H groups in total. The van der Waals surface area contributed by atoms with Gasteiger partial charge in [-0.3, -0.25) is 9.78 Å². The lowest BCUT2D eigenvalue weighted by atomic mass is 10.0. The van der Waals surface area contributed by atoms with E-state index in [4.69, 9.17) is 0 Å². The molecule has 0 unspecified atom stereocenters. The van der Waals surface area contributed by atoms with E-state index in [0.29, 0.717) is 6.42 Å². The van der Waals surface area contributed by atoms with Crippen LogP contribution in [0.25, 0.3) is 0 Å². The van der Waals surface area contributed by atoms with Crippen molar-refractivity contribution < 1.29 is 4.79 Å². The summed E-state index contributed by atoms with van der Waals surface area (Å²) in [6, 6.07) is 4.02. The van der Waals surface area contributed by atoms with Gasteiger partial charge in [-0.1, -0.05) is 6.07 Å². The first-order valence-electron chi connectivity index (χ1n) is 7.02. The highest BCUT2D eigenvalue weighted by Crippen LogP contribution is 2.17. The first-order chi connectivity index (χ1) is 10.3. The van der Waals surface area contributed by atoms with Crippen molar-refractivity contribution in [2.24, 2.45) is 0 Å². The Hall–Kier alpha value is -2.02. The van der Waals surface area contributed by atoms with Gasteiger partial charge in [-0.2, -0.15) is 8.75 Å². The fourth-order valence-corrected chi connectivity index (χ4v) is 2.95. The van der Waals surface area contributed by atoms with Crippen molar-refractivity contribution in [2.45, 2.75) is 25.3 Å². The van der Waals surface area contributed by atoms with Crippen LogP contribution in [0.5, 0.6) is 0 Å². The SMILES string of the molecule is O=C(Cc1cccnc1)NC1CCN(c2cnsn2)CC1. The quantitative estimate of drug-likeness (QED) is 0.921. The number of nitrogens with zero attached hydrogens (tertiary/aromatic N) is 4. The topological polar surface area (TPSA) is 71.0 Å². The molecule has 110 valence electrons. The van der Waals surface area contributed by atoms with Crippen molar-refractivity contribution in [2.75, 3.05) is 18.0 Å². The number of amides is 1. The lowest BCUT2D eigenvalue weighted by Gasteiger charge is -2.32. The zero-order chi connectivity index (χ0) is 14.5. The zero-order valence-corrected chi connectivity index (χ0v) is 12.4. The molecular weight excluding hydrogens is 286 g/mol. The molecular formula is C14H17N5OS. The molecule has 1 aliphatic rings. The van der Waals surface area contributed by atoms with Crippen molar-refractivity contribution in [1.82, 2.24) is 19.0 Å². The number of carbonyl (C=O) groups excluding carboxylic acids is 1. The number of carbonyl (C=O) groups is 1. The maximum atomic E-state index is 12.0. The standard InChI is InChI=1S/C14H17N5OS/c20-14(8-11-2-1-5-15-9-11)17-12-3-6-19(7-4-12)13-10-16-21-18-13/h1-2,5,9-10,12H,3-4,6-8H2,(H,17,20). The Balaban J connectivity index is 1.46. The molecule has 0 saturated carbocycles. The van der Waals surface area contributed by atoms with E-state index in [9.17, 15) is 4.79 Å². The summed E-state index contributed by atoms with van der Waals surface area (Å²) < 4.78 is 8.27. The van der Waals surface area contributed by atoms with E-state index < -0.39 is 0 Å². The van der Waals surface area contributed by atoms with Crippen LogP contribution in [0.1, 0.15) is 18.4 Å². The minimum Gasteiger partial charge on any atom is -0.354 e. The van der Waals surface area contributed by atoms with Crippen molar-refractivity contribution in [3.05, 3.63) is 36.3 Å². The van der Waals surface area contributed by atoms with Crippen LogP contribution in [0.2, 0.25) is 0 Å². The molecule has 1 aliphatic heterocycles. The van der Waals surface area contributed by atoms with Gasteiger partial charge in [0.2, 0.25) is 5.91 Å². The fourth-order valence-electron chi connectivity index (χ4n) is 2.52. The molecule has 21 heavy (non-hydrogen) atoms. The molecule has 0 spiro atoms. The number of rotatable bonds is 4. The van der Waals surface area contributed by atoms with Crippen LogP contribution in [0.3, 0.4) is 0 Å². The lowest BCUT2D eigenvalue weighted by molar-refractivity contribution is -0.121.